The maximum atomic E-state index is 6.15. The third kappa shape index (κ3) is 1.69. The van der Waals surface area contributed by atoms with Crippen LogP contribution in [0, 0.1) is 0 Å². The number of nitrogens with zero attached hydrogens (tertiary/aromatic N) is 1. The van der Waals surface area contributed by atoms with Crippen LogP contribution < -0.4 is 15.2 Å². The molecule has 0 bridgehead atoms. The van der Waals surface area contributed by atoms with Crippen LogP contribution in [0.25, 0.3) is 10.9 Å². The molecule has 2 aliphatic rings. The van der Waals surface area contributed by atoms with Gasteiger partial charge in [-0.1, -0.05) is 17.8 Å². The summed E-state index contributed by atoms with van der Waals surface area (Å²) < 4.78 is 10.8. The molecule has 1 aromatic carbocycles. The van der Waals surface area contributed by atoms with Crippen LogP contribution in [0.5, 0.6) is 11.5 Å². The SMILES string of the molecule is CC1=CC(N)c2cc3cc4c(cc3nc2S1)OCO4. The highest BCUT2D eigenvalue weighted by Crippen LogP contribution is 2.41. The Morgan fingerprint density at radius 2 is 2.05 bits per heavy atom. The Balaban J connectivity index is 1.95. The highest BCUT2D eigenvalue weighted by atomic mass is 32.2. The first kappa shape index (κ1) is 11.1. The van der Waals surface area contributed by atoms with Gasteiger partial charge in [0.2, 0.25) is 6.79 Å². The van der Waals surface area contributed by atoms with E-state index in [1.807, 2.05) is 12.1 Å². The summed E-state index contributed by atoms with van der Waals surface area (Å²) in [5, 5.41) is 2.02. The van der Waals surface area contributed by atoms with Crippen LogP contribution in [0.15, 0.2) is 34.2 Å². The number of pyridine rings is 1. The van der Waals surface area contributed by atoms with Gasteiger partial charge in [0.1, 0.15) is 5.03 Å². The molecule has 1 unspecified atom stereocenters. The first-order valence-corrected chi connectivity index (χ1v) is 6.88. The van der Waals surface area contributed by atoms with Gasteiger partial charge in [-0.05, 0) is 24.0 Å². The minimum Gasteiger partial charge on any atom is -0.454 e. The lowest BCUT2D eigenvalue weighted by molar-refractivity contribution is 0.174. The fraction of sp³-hybridized carbons (Fsp3) is 0.214. The van der Waals surface area contributed by atoms with Gasteiger partial charge in [0.05, 0.1) is 11.6 Å². The van der Waals surface area contributed by atoms with E-state index in [0.29, 0.717) is 0 Å². The number of fused-ring (bicyclic) bond motifs is 3. The normalized spacial score (nSPS) is 20.3. The Labute approximate surface area is 114 Å². The van der Waals surface area contributed by atoms with Crippen LogP contribution in [0.2, 0.25) is 0 Å². The van der Waals surface area contributed by atoms with E-state index in [0.717, 1.165) is 33.0 Å². The maximum absolute atomic E-state index is 6.15. The van der Waals surface area contributed by atoms with Crippen molar-refractivity contribution in [2.75, 3.05) is 6.79 Å². The quantitative estimate of drug-likeness (QED) is 0.799. The lowest BCUT2D eigenvalue weighted by Crippen LogP contribution is -2.12. The molecule has 1 aromatic heterocycles. The van der Waals surface area contributed by atoms with E-state index < -0.39 is 0 Å². The van der Waals surface area contributed by atoms with Crippen molar-refractivity contribution in [3.05, 3.63) is 34.7 Å². The number of aromatic nitrogens is 1. The zero-order valence-corrected chi connectivity index (χ0v) is 11.2. The smallest absolute Gasteiger partial charge is 0.231 e. The molecule has 19 heavy (non-hydrogen) atoms. The number of rotatable bonds is 0. The van der Waals surface area contributed by atoms with Gasteiger partial charge in [-0.3, -0.25) is 0 Å². The van der Waals surface area contributed by atoms with Crippen molar-refractivity contribution >= 4 is 22.7 Å². The van der Waals surface area contributed by atoms with Crippen LogP contribution in [-0.2, 0) is 0 Å². The van der Waals surface area contributed by atoms with Crippen LogP contribution in [0.4, 0.5) is 0 Å². The van der Waals surface area contributed by atoms with Crippen molar-refractivity contribution in [1.29, 1.82) is 0 Å². The molecule has 0 fully saturated rings. The van der Waals surface area contributed by atoms with E-state index in [2.05, 4.69) is 19.1 Å². The molecule has 5 heteroatoms. The molecule has 0 aliphatic carbocycles. The zero-order valence-electron chi connectivity index (χ0n) is 10.3. The largest absolute Gasteiger partial charge is 0.454 e. The Bertz CT molecular complexity index is 727. The summed E-state index contributed by atoms with van der Waals surface area (Å²) in [6, 6.07) is 5.91. The molecule has 1 atom stereocenters. The molecule has 2 N–H and O–H groups in total. The predicted molar refractivity (Wildman–Crippen MR) is 74.4 cm³/mol. The van der Waals surface area contributed by atoms with Crippen molar-refractivity contribution in [1.82, 2.24) is 4.98 Å². The van der Waals surface area contributed by atoms with Crippen molar-refractivity contribution < 1.29 is 9.47 Å². The molecular formula is C14H12N2O2S. The van der Waals surface area contributed by atoms with Crippen molar-refractivity contribution in [2.45, 2.75) is 18.0 Å². The second kappa shape index (κ2) is 3.88. The Hall–Kier alpha value is -1.72. The van der Waals surface area contributed by atoms with Gasteiger partial charge in [0.15, 0.2) is 11.5 Å². The third-order valence-corrected chi connectivity index (χ3v) is 4.31. The molecule has 4 rings (SSSR count). The summed E-state index contributed by atoms with van der Waals surface area (Å²) >= 11 is 1.66. The van der Waals surface area contributed by atoms with Gasteiger partial charge in [-0.25, -0.2) is 4.98 Å². The minimum absolute atomic E-state index is 0.0847. The van der Waals surface area contributed by atoms with Crippen molar-refractivity contribution in [3.63, 3.8) is 0 Å². The van der Waals surface area contributed by atoms with E-state index in [1.165, 1.54) is 4.91 Å². The van der Waals surface area contributed by atoms with Crippen molar-refractivity contribution in [2.24, 2.45) is 5.73 Å². The maximum Gasteiger partial charge on any atom is 0.231 e. The lowest BCUT2D eigenvalue weighted by atomic mass is 10.1. The Morgan fingerprint density at radius 1 is 1.26 bits per heavy atom. The number of nitrogens with two attached hydrogens (primary N) is 1. The number of benzene rings is 1. The summed E-state index contributed by atoms with van der Waals surface area (Å²) in [7, 11) is 0. The zero-order chi connectivity index (χ0) is 13.0. The standard InChI is InChI=1S/C14H12N2O2S/c1-7-2-10(15)9-3-8-4-12-13(18-6-17-12)5-11(8)16-14(9)19-7/h2-5,10H,6,15H2,1H3. The number of ether oxygens (including phenoxy) is 2. The second-order valence-electron chi connectivity index (χ2n) is 4.69. The average molecular weight is 272 g/mol. The fourth-order valence-corrected chi connectivity index (χ4v) is 3.39. The molecule has 2 aliphatic heterocycles. The molecule has 0 radical (unpaired) electrons. The van der Waals surface area contributed by atoms with Crippen LogP contribution in [-0.4, -0.2) is 11.8 Å². The Morgan fingerprint density at radius 3 is 2.89 bits per heavy atom. The topological polar surface area (TPSA) is 57.4 Å². The molecule has 2 aromatic rings. The molecule has 0 saturated heterocycles. The summed E-state index contributed by atoms with van der Waals surface area (Å²) in [6.07, 6.45) is 2.06. The number of allylic oxidation sites excluding steroid dienone is 1. The van der Waals surface area contributed by atoms with E-state index >= 15 is 0 Å². The summed E-state index contributed by atoms with van der Waals surface area (Å²) in [5.41, 5.74) is 8.14. The highest BCUT2D eigenvalue weighted by Gasteiger charge is 2.21. The van der Waals surface area contributed by atoms with Gasteiger partial charge < -0.3 is 15.2 Å². The molecule has 3 heterocycles. The third-order valence-electron chi connectivity index (χ3n) is 3.33. The second-order valence-corrected chi connectivity index (χ2v) is 5.92. The van der Waals surface area contributed by atoms with Gasteiger partial charge in [0, 0.05) is 17.0 Å². The highest BCUT2D eigenvalue weighted by molar-refractivity contribution is 8.03. The monoisotopic (exact) mass is 272 g/mol. The first-order chi connectivity index (χ1) is 9.20. The fourth-order valence-electron chi connectivity index (χ4n) is 2.41. The number of hydrogen-bond acceptors (Lipinski definition) is 5. The molecule has 96 valence electrons. The molecule has 0 saturated carbocycles. The van der Waals surface area contributed by atoms with Gasteiger partial charge >= 0.3 is 0 Å². The van der Waals surface area contributed by atoms with Crippen LogP contribution in [0.1, 0.15) is 18.5 Å². The predicted octanol–water partition coefficient (Wildman–Crippen LogP) is 2.97. The van der Waals surface area contributed by atoms with Gasteiger partial charge in [-0.15, -0.1) is 0 Å². The van der Waals surface area contributed by atoms with E-state index in [-0.39, 0.29) is 12.8 Å². The lowest BCUT2D eigenvalue weighted by Gasteiger charge is -2.19. The van der Waals surface area contributed by atoms with E-state index in [9.17, 15) is 0 Å². The Kier molecular flexibility index (Phi) is 2.28. The summed E-state index contributed by atoms with van der Waals surface area (Å²) in [6.45, 7) is 2.33. The number of thioether (sulfide) groups is 1. The van der Waals surface area contributed by atoms with E-state index in [1.54, 1.807) is 11.8 Å². The first-order valence-electron chi connectivity index (χ1n) is 6.07. The average Bonchev–Trinajstić information content (AvgIpc) is 2.81. The van der Waals surface area contributed by atoms with Gasteiger partial charge in [0.25, 0.3) is 0 Å². The van der Waals surface area contributed by atoms with Crippen molar-refractivity contribution in [3.8, 4) is 11.5 Å². The molecular weight excluding hydrogens is 260 g/mol. The van der Waals surface area contributed by atoms with Crippen LogP contribution in [0.3, 0.4) is 0 Å². The minimum atomic E-state index is -0.0847. The summed E-state index contributed by atoms with van der Waals surface area (Å²) in [4.78, 5) is 5.89. The molecule has 0 spiro atoms. The van der Waals surface area contributed by atoms with E-state index in [4.69, 9.17) is 20.2 Å². The van der Waals surface area contributed by atoms with Gasteiger partial charge in [-0.2, -0.15) is 0 Å². The summed E-state index contributed by atoms with van der Waals surface area (Å²) in [5.74, 6) is 1.54. The van der Waals surface area contributed by atoms with Crippen LogP contribution >= 0.6 is 11.8 Å². The molecule has 0 amide bonds. The molecule has 4 nitrogen and oxygen atoms in total. The number of hydrogen-bond donors (Lipinski definition) is 1.